The van der Waals surface area contributed by atoms with Crippen molar-refractivity contribution >= 4 is 11.7 Å². The lowest BCUT2D eigenvalue weighted by Crippen LogP contribution is -2.18. The number of carbonyl (C=O) groups excluding carboxylic acids is 1. The Bertz CT molecular complexity index is 968. The fourth-order valence-corrected chi connectivity index (χ4v) is 3.18. The molecular weight excluding hydrogens is 336 g/mol. The van der Waals surface area contributed by atoms with Gasteiger partial charge in [-0.05, 0) is 55.2 Å². The Hall–Kier alpha value is -3.02. The zero-order valence-electron chi connectivity index (χ0n) is 14.1. The monoisotopic (exact) mass is 353 g/mol. The van der Waals surface area contributed by atoms with E-state index in [1.54, 1.807) is 10.9 Å². The van der Waals surface area contributed by atoms with Crippen molar-refractivity contribution in [3.63, 3.8) is 0 Å². The molecule has 1 aliphatic carbocycles. The number of hydrogen-bond acceptors (Lipinski definition) is 2. The lowest BCUT2D eigenvalue weighted by Gasteiger charge is -2.10. The van der Waals surface area contributed by atoms with Gasteiger partial charge in [0, 0.05) is 11.5 Å². The van der Waals surface area contributed by atoms with Gasteiger partial charge in [0.15, 0.2) is 0 Å². The summed E-state index contributed by atoms with van der Waals surface area (Å²) < 4.78 is 29.0. The summed E-state index contributed by atoms with van der Waals surface area (Å²) >= 11 is 0. The van der Waals surface area contributed by atoms with Gasteiger partial charge in [-0.1, -0.05) is 18.2 Å². The number of anilines is 1. The van der Waals surface area contributed by atoms with Crippen LogP contribution in [0, 0.1) is 24.5 Å². The van der Waals surface area contributed by atoms with Crippen molar-refractivity contribution in [3.8, 4) is 5.69 Å². The number of amides is 1. The molecule has 2 unspecified atom stereocenters. The van der Waals surface area contributed by atoms with E-state index in [2.05, 4.69) is 10.4 Å². The fraction of sp³-hybridized carbons (Fsp3) is 0.200. The van der Waals surface area contributed by atoms with Crippen LogP contribution in [0.4, 0.5) is 14.6 Å². The third-order valence-corrected chi connectivity index (χ3v) is 4.68. The van der Waals surface area contributed by atoms with Crippen molar-refractivity contribution in [1.29, 1.82) is 0 Å². The predicted octanol–water partition coefficient (Wildman–Crippen LogP) is 4.20. The van der Waals surface area contributed by atoms with E-state index in [-0.39, 0.29) is 23.3 Å². The zero-order valence-corrected chi connectivity index (χ0v) is 14.1. The minimum Gasteiger partial charge on any atom is -0.310 e. The molecule has 2 aromatic carbocycles. The molecule has 0 saturated heterocycles. The van der Waals surface area contributed by atoms with E-state index >= 15 is 0 Å². The topological polar surface area (TPSA) is 46.9 Å². The Morgan fingerprint density at radius 3 is 2.73 bits per heavy atom. The summed E-state index contributed by atoms with van der Waals surface area (Å²) in [6, 6.07) is 12.8. The van der Waals surface area contributed by atoms with Crippen molar-refractivity contribution in [2.45, 2.75) is 19.3 Å². The van der Waals surface area contributed by atoms with Crippen molar-refractivity contribution in [2.24, 2.45) is 5.92 Å². The third kappa shape index (κ3) is 2.98. The number of hydrogen-bond donors (Lipinski definition) is 1. The second-order valence-electron chi connectivity index (χ2n) is 6.53. The van der Waals surface area contributed by atoms with Gasteiger partial charge in [-0.15, -0.1) is 0 Å². The second-order valence-corrected chi connectivity index (χ2v) is 6.53. The summed E-state index contributed by atoms with van der Waals surface area (Å²) in [5.74, 6) is -1.25. The lowest BCUT2D eigenvalue weighted by atomic mass is 10.1. The molecule has 1 saturated carbocycles. The van der Waals surface area contributed by atoms with E-state index in [0.717, 1.165) is 23.4 Å². The van der Waals surface area contributed by atoms with Gasteiger partial charge >= 0.3 is 0 Å². The maximum absolute atomic E-state index is 13.9. The van der Waals surface area contributed by atoms with Crippen molar-refractivity contribution in [2.75, 3.05) is 5.32 Å². The fourth-order valence-electron chi connectivity index (χ4n) is 3.18. The zero-order chi connectivity index (χ0) is 18.3. The van der Waals surface area contributed by atoms with Crippen molar-refractivity contribution in [1.82, 2.24) is 9.78 Å². The Balaban J connectivity index is 1.54. The van der Waals surface area contributed by atoms with Crippen LogP contribution in [-0.2, 0) is 4.79 Å². The van der Waals surface area contributed by atoms with E-state index < -0.39 is 11.6 Å². The summed E-state index contributed by atoms with van der Waals surface area (Å²) in [6.45, 7) is 1.86. The molecule has 1 aliphatic rings. The summed E-state index contributed by atoms with van der Waals surface area (Å²) in [6.07, 6.45) is 2.18. The molecule has 4 rings (SSSR count). The number of benzene rings is 2. The van der Waals surface area contributed by atoms with Crippen molar-refractivity contribution in [3.05, 3.63) is 77.5 Å². The van der Waals surface area contributed by atoms with Gasteiger partial charge in [-0.3, -0.25) is 4.79 Å². The van der Waals surface area contributed by atoms with Gasteiger partial charge in [0.05, 0.1) is 11.9 Å². The first-order chi connectivity index (χ1) is 12.5. The molecule has 0 bridgehead atoms. The van der Waals surface area contributed by atoms with Crippen LogP contribution in [0.15, 0.2) is 54.7 Å². The molecular formula is C20H17F2N3O. The van der Waals surface area contributed by atoms with Crippen LogP contribution in [0.5, 0.6) is 0 Å². The average Bonchev–Trinajstić information content (AvgIpc) is 3.36. The molecule has 1 N–H and O–H groups in total. The largest absolute Gasteiger partial charge is 0.310 e. The predicted molar refractivity (Wildman–Crippen MR) is 94.1 cm³/mol. The highest BCUT2D eigenvalue weighted by Crippen LogP contribution is 2.49. The second kappa shape index (κ2) is 6.37. The van der Waals surface area contributed by atoms with E-state index in [1.807, 2.05) is 37.3 Å². The molecule has 26 heavy (non-hydrogen) atoms. The molecule has 1 fully saturated rings. The highest BCUT2D eigenvalue weighted by atomic mass is 19.1. The molecule has 0 radical (unpaired) electrons. The first-order valence-corrected chi connectivity index (χ1v) is 8.40. The highest BCUT2D eigenvalue weighted by molar-refractivity contribution is 5.95. The van der Waals surface area contributed by atoms with Crippen LogP contribution in [0.1, 0.15) is 23.5 Å². The minimum atomic E-state index is -0.495. The average molecular weight is 353 g/mol. The van der Waals surface area contributed by atoms with E-state index in [0.29, 0.717) is 12.2 Å². The Morgan fingerprint density at radius 2 is 1.96 bits per heavy atom. The van der Waals surface area contributed by atoms with Gasteiger partial charge in [0.1, 0.15) is 17.5 Å². The van der Waals surface area contributed by atoms with Crippen LogP contribution in [0.2, 0.25) is 0 Å². The first kappa shape index (κ1) is 16.4. The number of aryl methyl sites for hydroxylation is 1. The van der Waals surface area contributed by atoms with E-state index in [4.69, 9.17) is 0 Å². The summed E-state index contributed by atoms with van der Waals surface area (Å²) in [7, 11) is 0. The molecule has 0 spiro atoms. The number of para-hydroxylation sites is 1. The molecule has 1 aromatic heterocycles. The van der Waals surface area contributed by atoms with E-state index in [9.17, 15) is 13.6 Å². The lowest BCUT2D eigenvalue weighted by molar-refractivity contribution is -0.117. The Kier molecular flexibility index (Phi) is 4.03. The number of nitrogens with one attached hydrogen (secondary N) is 1. The smallest absolute Gasteiger partial charge is 0.229 e. The van der Waals surface area contributed by atoms with Gasteiger partial charge in [0.25, 0.3) is 0 Å². The number of halogens is 2. The Labute approximate surface area is 149 Å². The van der Waals surface area contributed by atoms with Crippen LogP contribution < -0.4 is 5.32 Å². The van der Waals surface area contributed by atoms with Crippen LogP contribution in [-0.4, -0.2) is 15.7 Å². The van der Waals surface area contributed by atoms with E-state index in [1.165, 1.54) is 6.07 Å². The molecule has 1 amide bonds. The maximum atomic E-state index is 13.9. The maximum Gasteiger partial charge on any atom is 0.229 e. The van der Waals surface area contributed by atoms with Crippen molar-refractivity contribution < 1.29 is 13.6 Å². The summed E-state index contributed by atoms with van der Waals surface area (Å²) in [4.78, 5) is 12.6. The summed E-state index contributed by atoms with van der Waals surface area (Å²) in [5, 5.41) is 7.21. The molecule has 1 heterocycles. The highest BCUT2D eigenvalue weighted by Gasteiger charge is 2.45. The molecule has 6 heteroatoms. The van der Waals surface area contributed by atoms with Crippen LogP contribution in [0.25, 0.3) is 5.69 Å². The van der Waals surface area contributed by atoms with Gasteiger partial charge in [-0.25, -0.2) is 13.5 Å². The molecule has 0 aliphatic heterocycles. The normalized spacial score (nSPS) is 18.6. The molecule has 4 nitrogen and oxygen atoms in total. The van der Waals surface area contributed by atoms with Gasteiger partial charge in [0.2, 0.25) is 5.91 Å². The summed E-state index contributed by atoms with van der Waals surface area (Å²) in [5.41, 5.74) is 1.93. The molecule has 3 aromatic rings. The number of rotatable bonds is 4. The number of aromatic nitrogens is 2. The van der Waals surface area contributed by atoms with Crippen LogP contribution >= 0.6 is 0 Å². The minimum absolute atomic E-state index is 0.209. The van der Waals surface area contributed by atoms with Gasteiger partial charge in [-0.2, -0.15) is 5.10 Å². The third-order valence-electron chi connectivity index (χ3n) is 4.68. The Morgan fingerprint density at radius 1 is 1.19 bits per heavy atom. The number of nitrogens with zero attached hydrogens (tertiary/aromatic N) is 2. The number of carbonyl (C=O) groups is 1. The molecule has 2 atom stereocenters. The van der Waals surface area contributed by atoms with Crippen LogP contribution in [0.3, 0.4) is 0 Å². The SMILES string of the molecule is Cc1cnn(-c2ccccc2)c1NC(=O)C1CC1c1cc(F)ccc1F. The van der Waals surface area contributed by atoms with Gasteiger partial charge < -0.3 is 5.32 Å². The standard InChI is InChI=1S/C20H17F2N3O/c1-12-11-23-25(14-5-3-2-4-6-14)19(12)24-20(26)17-10-15(17)16-9-13(21)7-8-18(16)22/h2-9,11,15,17H,10H2,1H3,(H,24,26). The first-order valence-electron chi connectivity index (χ1n) is 8.40. The molecule has 132 valence electrons. The quantitative estimate of drug-likeness (QED) is 0.764.